The standard InChI is InChI=1S/C15H22N2O3S/c1-17(14(20)13(16)11-6-5-9-21-11)15(10-12(18)19)7-3-2-4-8-15/h5-6,9,13H,2-4,7-8,10,16H2,1H3,(H,18,19). The molecule has 1 fully saturated rings. The quantitative estimate of drug-likeness (QED) is 0.874. The minimum Gasteiger partial charge on any atom is -0.481 e. The average molecular weight is 310 g/mol. The molecular weight excluding hydrogens is 288 g/mol. The maximum atomic E-state index is 12.6. The van der Waals surface area contributed by atoms with Crippen LogP contribution in [0.2, 0.25) is 0 Å². The number of nitrogens with two attached hydrogens (primary N) is 1. The van der Waals surface area contributed by atoms with E-state index in [2.05, 4.69) is 0 Å². The van der Waals surface area contributed by atoms with Crippen molar-refractivity contribution in [1.29, 1.82) is 0 Å². The van der Waals surface area contributed by atoms with Crippen molar-refractivity contribution in [2.24, 2.45) is 5.73 Å². The zero-order valence-corrected chi connectivity index (χ0v) is 13.1. The van der Waals surface area contributed by atoms with Gasteiger partial charge in [-0.2, -0.15) is 0 Å². The first-order valence-electron chi connectivity index (χ1n) is 7.25. The van der Waals surface area contributed by atoms with Gasteiger partial charge in [-0.25, -0.2) is 0 Å². The van der Waals surface area contributed by atoms with E-state index in [0.29, 0.717) is 0 Å². The van der Waals surface area contributed by atoms with E-state index >= 15 is 0 Å². The van der Waals surface area contributed by atoms with Gasteiger partial charge in [-0.15, -0.1) is 11.3 Å². The number of carbonyl (C=O) groups is 2. The topological polar surface area (TPSA) is 83.6 Å². The summed E-state index contributed by atoms with van der Waals surface area (Å²) >= 11 is 1.45. The summed E-state index contributed by atoms with van der Waals surface area (Å²) < 4.78 is 0. The molecule has 0 bridgehead atoms. The van der Waals surface area contributed by atoms with Crippen molar-refractivity contribution in [3.8, 4) is 0 Å². The van der Waals surface area contributed by atoms with Crippen LogP contribution in [-0.4, -0.2) is 34.5 Å². The average Bonchev–Trinajstić information content (AvgIpc) is 2.99. The number of carboxylic acid groups (broad SMARTS) is 1. The van der Waals surface area contributed by atoms with Gasteiger partial charge in [0.1, 0.15) is 6.04 Å². The van der Waals surface area contributed by atoms with E-state index < -0.39 is 17.6 Å². The zero-order chi connectivity index (χ0) is 15.5. The highest BCUT2D eigenvalue weighted by atomic mass is 32.1. The second kappa shape index (κ2) is 6.58. The number of hydrogen-bond donors (Lipinski definition) is 2. The number of likely N-dealkylation sites (N-methyl/N-ethyl adjacent to an activating group) is 1. The fourth-order valence-corrected chi connectivity index (χ4v) is 3.87. The van der Waals surface area contributed by atoms with Gasteiger partial charge >= 0.3 is 5.97 Å². The van der Waals surface area contributed by atoms with Crippen LogP contribution in [-0.2, 0) is 9.59 Å². The van der Waals surface area contributed by atoms with Crippen LogP contribution in [0.25, 0.3) is 0 Å². The fourth-order valence-electron chi connectivity index (χ4n) is 3.15. The Morgan fingerprint density at radius 1 is 1.43 bits per heavy atom. The molecular formula is C15H22N2O3S. The van der Waals surface area contributed by atoms with Crippen molar-refractivity contribution in [3.05, 3.63) is 22.4 Å². The van der Waals surface area contributed by atoms with Gasteiger partial charge in [-0.05, 0) is 24.3 Å². The van der Waals surface area contributed by atoms with Crippen molar-refractivity contribution in [2.45, 2.75) is 50.1 Å². The van der Waals surface area contributed by atoms with Crippen LogP contribution < -0.4 is 5.73 Å². The highest BCUT2D eigenvalue weighted by Crippen LogP contribution is 2.37. The molecule has 2 rings (SSSR count). The molecule has 0 aromatic carbocycles. The van der Waals surface area contributed by atoms with Crippen molar-refractivity contribution < 1.29 is 14.7 Å². The van der Waals surface area contributed by atoms with Gasteiger partial charge in [0.15, 0.2) is 0 Å². The minimum absolute atomic E-state index is 0.00754. The summed E-state index contributed by atoms with van der Waals surface area (Å²) in [5.41, 5.74) is 5.46. The number of thiophene rings is 1. The number of amides is 1. The van der Waals surface area contributed by atoms with Gasteiger partial charge in [0, 0.05) is 11.9 Å². The summed E-state index contributed by atoms with van der Waals surface area (Å²) in [5, 5.41) is 11.1. The van der Waals surface area contributed by atoms with Gasteiger partial charge in [-0.3, -0.25) is 9.59 Å². The largest absolute Gasteiger partial charge is 0.481 e. The van der Waals surface area contributed by atoms with Crippen molar-refractivity contribution in [2.75, 3.05) is 7.05 Å². The molecule has 1 aromatic rings. The second-order valence-electron chi connectivity index (χ2n) is 5.75. The molecule has 1 unspecified atom stereocenters. The monoisotopic (exact) mass is 310 g/mol. The fraction of sp³-hybridized carbons (Fsp3) is 0.600. The van der Waals surface area contributed by atoms with Crippen molar-refractivity contribution in [3.63, 3.8) is 0 Å². The molecule has 1 aromatic heterocycles. The molecule has 1 saturated carbocycles. The Morgan fingerprint density at radius 3 is 2.62 bits per heavy atom. The van der Waals surface area contributed by atoms with Crippen molar-refractivity contribution >= 4 is 23.2 Å². The number of hydrogen-bond acceptors (Lipinski definition) is 4. The third-order valence-corrected chi connectivity index (χ3v) is 5.38. The van der Waals surface area contributed by atoms with Crippen LogP contribution in [0.4, 0.5) is 0 Å². The van der Waals surface area contributed by atoms with E-state index in [9.17, 15) is 14.7 Å². The summed E-state index contributed by atoms with van der Waals surface area (Å²) in [6.45, 7) is 0. The molecule has 5 nitrogen and oxygen atoms in total. The number of rotatable bonds is 5. The third kappa shape index (κ3) is 3.44. The molecule has 1 aliphatic carbocycles. The van der Waals surface area contributed by atoms with Crippen LogP contribution in [0, 0.1) is 0 Å². The lowest BCUT2D eigenvalue weighted by atomic mass is 9.78. The van der Waals surface area contributed by atoms with E-state index in [1.54, 1.807) is 11.9 Å². The van der Waals surface area contributed by atoms with Gasteiger partial charge in [0.25, 0.3) is 0 Å². The third-order valence-electron chi connectivity index (χ3n) is 4.42. The predicted molar refractivity (Wildman–Crippen MR) is 82.1 cm³/mol. The van der Waals surface area contributed by atoms with Crippen LogP contribution >= 0.6 is 11.3 Å². The highest BCUT2D eigenvalue weighted by Gasteiger charge is 2.41. The van der Waals surface area contributed by atoms with Crippen LogP contribution in [0.5, 0.6) is 0 Å². The first-order valence-corrected chi connectivity index (χ1v) is 8.13. The highest BCUT2D eigenvalue weighted by molar-refractivity contribution is 7.10. The number of carboxylic acids is 1. The van der Waals surface area contributed by atoms with Gasteiger partial charge in [-0.1, -0.05) is 25.3 Å². The Morgan fingerprint density at radius 2 is 2.10 bits per heavy atom. The van der Waals surface area contributed by atoms with E-state index in [4.69, 9.17) is 5.73 Å². The van der Waals surface area contributed by atoms with Gasteiger partial charge in [0.2, 0.25) is 5.91 Å². The lowest BCUT2D eigenvalue weighted by Crippen LogP contribution is -2.54. The molecule has 21 heavy (non-hydrogen) atoms. The smallest absolute Gasteiger partial charge is 0.305 e. The molecule has 0 saturated heterocycles. The zero-order valence-electron chi connectivity index (χ0n) is 12.2. The van der Waals surface area contributed by atoms with Gasteiger partial charge < -0.3 is 15.7 Å². The van der Waals surface area contributed by atoms with Crippen LogP contribution in [0.3, 0.4) is 0 Å². The van der Waals surface area contributed by atoms with E-state index in [-0.39, 0.29) is 12.3 Å². The Kier molecular flexibility index (Phi) is 5.00. The normalized spacial score (nSPS) is 19.0. The maximum Gasteiger partial charge on any atom is 0.305 e. The molecule has 0 radical (unpaired) electrons. The van der Waals surface area contributed by atoms with Crippen LogP contribution in [0.15, 0.2) is 17.5 Å². The summed E-state index contributed by atoms with van der Waals surface area (Å²) in [6.07, 6.45) is 4.47. The Bertz CT molecular complexity index is 495. The SMILES string of the molecule is CN(C(=O)C(N)c1cccs1)C1(CC(=O)O)CCCCC1. The predicted octanol–water partition coefficient (Wildman–Crippen LogP) is 2.38. The summed E-state index contributed by atoms with van der Waals surface area (Å²) in [5.74, 6) is -1.05. The van der Waals surface area contributed by atoms with Gasteiger partial charge in [0.05, 0.1) is 12.0 Å². The molecule has 1 amide bonds. The van der Waals surface area contributed by atoms with E-state index in [1.165, 1.54) is 11.3 Å². The lowest BCUT2D eigenvalue weighted by molar-refractivity contribution is -0.146. The Labute approximate surface area is 128 Å². The molecule has 1 aliphatic rings. The summed E-state index contributed by atoms with van der Waals surface area (Å²) in [4.78, 5) is 26.3. The molecule has 0 spiro atoms. The van der Waals surface area contributed by atoms with E-state index in [0.717, 1.165) is 37.0 Å². The van der Waals surface area contributed by atoms with Crippen LogP contribution in [0.1, 0.15) is 49.4 Å². The number of nitrogens with zero attached hydrogens (tertiary/aromatic N) is 1. The molecule has 3 N–H and O–H groups in total. The first kappa shape index (κ1) is 16.0. The first-order chi connectivity index (χ1) is 9.96. The minimum atomic E-state index is -0.860. The van der Waals surface area contributed by atoms with Crippen molar-refractivity contribution in [1.82, 2.24) is 4.90 Å². The Balaban J connectivity index is 2.19. The molecule has 6 heteroatoms. The summed E-state index contributed by atoms with van der Waals surface area (Å²) in [7, 11) is 1.70. The molecule has 0 aliphatic heterocycles. The second-order valence-corrected chi connectivity index (χ2v) is 6.73. The molecule has 116 valence electrons. The molecule has 1 heterocycles. The maximum absolute atomic E-state index is 12.6. The lowest BCUT2D eigenvalue weighted by Gasteiger charge is -2.44. The number of carbonyl (C=O) groups excluding carboxylic acids is 1. The van der Waals surface area contributed by atoms with E-state index in [1.807, 2.05) is 17.5 Å². The molecule has 1 atom stereocenters. The summed E-state index contributed by atoms with van der Waals surface area (Å²) in [6, 6.07) is 3.00. The Hall–Kier alpha value is -1.40. The number of aliphatic carboxylic acids is 1.